The van der Waals surface area contributed by atoms with Crippen LogP contribution in [-0.2, 0) is 16.1 Å². The molecule has 0 amide bonds. The Bertz CT molecular complexity index is 1330. The molecule has 0 spiro atoms. The fourth-order valence-corrected chi connectivity index (χ4v) is 3.43. The summed E-state index contributed by atoms with van der Waals surface area (Å²) in [5.41, 5.74) is 2.50. The molecule has 0 unspecified atom stereocenters. The Morgan fingerprint density at radius 1 is 0.857 bits per heavy atom. The molecule has 8 heteroatoms. The third-order valence-corrected chi connectivity index (χ3v) is 5.18. The van der Waals surface area contributed by atoms with Crippen molar-refractivity contribution in [2.75, 3.05) is 21.3 Å². The van der Waals surface area contributed by atoms with Gasteiger partial charge in [0.15, 0.2) is 18.1 Å². The topological polar surface area (TPSA) is 92.9 Å². The lowest BCUT2D eigenvalue weighted by Gasteiger charge is -2.09. The summed E-state index contributed by atoms with van der Waals surface area (Å²) in [4.78, 5) is 17.4. The zero-order valence-corrected chi connectivity index (χ0v) is 19.6. The van der Waals surface area contributed by atoms with Crippen molar-refractivity contribution in [2.45, 2.75) is 6.61 Å². The highest BCUT2D eigenvalue weighted by Gasteiger charge is 2.18. The first-order valence-electron chi connectivity index (χ1n) is 10.7. The summed E-state index contributed by atoms with van der Waals surface area (Å²) in [6.45, 7) is -0.185. The summed E-state index contributed by atoms with van der Waals surface area (Å²) in [5, 5.41) is 3.98. The molecular weight excluding hydrogens is 448 g/mol. The summed E-state index contributed by atoms with van der Waals surface area (Å²) >= 11 is 0. The predicted octanol–water partition coefficient (Wildman–Crippen LogP) is 5.05. The van der Waals surface area contributed by atoms with Crippen molar-refractivity contribution >= 4 is 17.6 Å². The predicted molar refractivity (Wildman–Crippen MR) is 130 cm³/mol. The van der Waals surface area contributed by atoms with Gasteiger partial charge < -0.3 is 23.5 Å². The Kier molecular flexibility index (Phi) is 7.42. The normalized spacial score (nSPS) is 11.1. The van der Waals surface area contributed by atoms with Crippen LogP contribution in [0, 0.1) is 0 Å². The molecule has 0 bridgehead atoms. The van der Waals surface area contributed by atoms with Crippen LogP contribution in [0.5, 0.6) is 17.2 Å². The van der Waals surface area contributed by atoms with Gasteiger partial charge in [-0.25, -0.2) is 4.79 Å². The van der Waals surface area contributed by atoms with Gasteiger partial charge in [-0.15, -0.1) is 0 Å². The Balaban J connectivity index is 1.54. The molecule has 0 saturated carbocycles. The highest BCUT2D eigenvalue weighted by atomic mass is 16.6. The number of hydrogen-bond acceptors (Lipinski definition) is 8. The van der Waals surface area contributed by atoms with Crippen molar-refractivity contribution in [3.8, 4) is 28.6 Å². The number of ether oxygens (including phenoxy) is 4. The summed E-state index contributed by atoms with van der Waals surface area (Å²) in [7, 11) is 4.69. The van der Waals surface area contributed by atoms with E-state index in [0.717, 1.165) is 5.56 Å². The first-order valence-corrected chi connectivity index (χ1v) is 10.7. The summed E-state index contributed by atoms with van der Waals surface area (Å²) < 4.78 is 26.8. The average molecular weight is 472 g/mol. The number of benzene rings is 3. The van der Waals surface area contributed by atoms with Crippen LogP contribution in [0.25, 0.3) is 23.0 Å². The fraction of sp³-hybridized carbons (Fsp3) is 0.148. The third-order valence-electron chi connectivity index (χ3n) is 5.18. The molecule has 0 radical (unpaired) electrons. The van der Waals surface area contributed by atoms with Crippen molar-refractivity contribution in [1.82, 2.24) is 10.1 Å². The molecule has 8 nitrogen and oxygen atoms in total. The van der Waals surface area contributed by atoms with E-state index in [1.165, 1.54) is 0 Å². The molecule has 1 heterocycles. The first-order chi connectivity index (χ1) is 17.1. The van der Waals surface area contributed by atoms with Gasteiger partial charge in [0.2, 0.25) is 5.82 Å². The number of carbonyl (C=O) groups is 1. The van der Waals surface area contributed by atoms with E-state index >= 15 is 0 Å². The minimum atomic E-state index is -0.534. The maximum absolute atomic E-state index is 13.1. The van der Waals surface area contributed by atoms with Crippen LogP contribution in [0.15, 0.2) is 77.3 Å². The van der Waals surface area contributed by atoms with Gasteiger partial charge in [0, 0.05) is 11.1 Å². The third kappa shape index (κ3) is 5.50. The van der Waals surface area contributed by atoms with Gasteiger partial charge in [0.25, 0.3) is 5.89 Å². The van der Waals surface area contributed by atoms with Gasteiger partial charge in [0.1, 0.15) is 5.75 Å². The largest absolute Gasteiger partial charge is 0.496 e. The highest BCUT2D eigenvalue weighted by Crippen LogP contribution is 2.31. The molecule has 0 atom stereocenters. The van der Waals surface area contributed by atoms with Gasteiger partial charge in [0.05, 0.1) is 26.9 Å². The van der Waals surface area contributed by atoms with Crippen LogP contribution in [0.2, 0.25) is 0 Å². The zero-order valence-electron chi connectivity index (χ0n) is 19.6. The van der Waals surface area contributed by atoms with Crippen molar-refractivity contribution in [2.24, 2.45) is 0 Å². The Morgan fingerprint density at radius 2 is 1.57 bits per heavy atom. The molecular formula is C27H24N2O6. The van der Waals surface area contributed by atoms with Gasteiger partial charge >= 0.3 is 5.97 Å². The number of rotatable bonds is 9. The molecule has 0 aliphatic heterocycles. The maximum atomic E-state index is 13.1. The number of aromatic nitrogens is 2. The number of nitrogens with zero attached hydrogens (tertiary/aromatic N) is 2. The number of para-hydroxylation sites is 1. The van der Waals surface area contributed by atoms with E-state index in [-0.39, 0.29) is 12.5 Å². The van der Waals surface area contributed by atoms with Crippen LogP contribution in [0.1, 0.15) is 17.0 Å². The van der Waals surface area contributed by atoms with E-state index in [0.29, 0.717) is 39.8 Å². The smallest absolute Gasteiger partial charge is 0.339 e. The zero-order chi connectivity index (χ0) is 24.6. The van der Waals surface area contributed by atoms with Crippen molar-refractivity contribution in [1.29, 1.82) is 0 Å². The lowest BCUT2D eigenvalue weighted by Crippen LogP contribution is -2.08. The second-order valence-corrected chi connectivity index (χ2v) is 7.32. The summed E-state index contributed by atoms with van der Waals surface area (Å²) in [6, 6.07) is 22.0. The molecule has 0 N–H and O–H groups in total. The van der Waals surface area contributed by atoms with E-state index in [1.807, 2.05) is 54.6 Å². The first kappa shape index (κ1) is 23.6. The molecule has 35 heavy (non-hydrogen) atoms. The number of hydrogen-bond donors (Lipinski definition) is 0. The molecule has 0 fully saturated rings. The Hall–Kier alpha value is -4.59. The van der Waals surface area contributed by atoms with E-state index < -0.39 is 5.97 Å². The molecule has 0 saturated heterocycles. The molecule has 0 aliphatic carbocycles. The monoisotopic (exact) mass is 472 g/mol. The molecule has 4 aromatic rings. The van der Waals surface area contributed by atoms with Gasteiger partial charge in [-0.1, -0.05) is 53.7 Å². The summed E-state index contributed by atoms with van der Waals surface area (Å²) in [5.74, 6) is 1.73. The highest BCUT2D eigenvalue weighted by molar-refractivity contribution is 6.21. The van der Waals surface area contributed by atoms with Crippen LogP contribution >= 0.6 is 0 Å². The van der Waals surface area contributed by atoms with Crippen LogP contribution in [0.4, 0.5) is 0 Å². The van der Waals surface area contributed by atoms with Crippen LogP contribution in [0.3, 0.4) is 0 Å². The van der Waals surface area contributed by atoms with E-state index in [2.05, 4.69) is 10.1 Å². The van der Waals surface area contributed by atoms with Gasteiger partial charge in [-0.05, 0) is 35.9 Å². The van der Waals surface area contributed by atoms with Gasteiger partial charge in [-0.2, -0.15) is 4.98 Å². The minimum Gasteiger partial charge on any atom is -0.496 e. The van der Waals surface area contributed by atoms with Crippen molar-refractivity contribution in [3.05, 3.63) is 89.8 Å². The van der Waals surface area contributed by atoms with Crippen molar-refractivity contribution < 1.29 is 28.3 Å². The van der Waals surface area contributed by atoms with E-state index in [9.17, 15) is 4.79 Å². The molecule has 178 valence electrons. The second-order valence-electron chi connectivity index (χ2n) is 7.32. The molecule has 1 aromatic heterocycles. The van der Waals surface area contributed by atoms with Crippen molar-refractivity contribution in [3.63, 3.8) is 0 Å². The minimum absolute atomic E-state index is 0.160. The van der Waals surface area contributed by atoms with Crippen LogP contribution in [-0.4, -0.2) is 37.4 Å². The Morgan fingerprint density at radius 3 is 2.31 bits per heavy atom. The lowest BCUT2D eigenvalue weighted by molar-refractivity contribution is -0.138. The standard InChI is InChI=1S/C27H24N2O6/c1-31-22-12-8-7-11-19(22)15-21(18-9-5-4-6-10-18)27(30)34-17-25-28-26(29-35-25)20-13-14-23(32-2)24(16-20)33-3/h4-16H,17H2,1-3H3/b21-15+. The van der Waals surface area contributed by atoms with E-state index in [4.69, 9.17) is 23.5 Å². The van der Waals surface area contributed by atoms with Crippen LogP contribution < -0.4 is 14.2 Å². The quantitative estimate of drug-likeness (QED) is 0.190. The molecule has 0 aliphatic rings. The second kappa shape index (κ2) is 11.0. The molecule has 3 aromatic carbocycles. The average Bonchev–Trinajstić information content (AvgIpc) is 3.39. The number of esters is 1. The Labute approximate surface area is 202 Å². The maximum Gasteiger partial charge on any atom is 0.339 e. The summed E-state index contributed by atoms with van der Waals surface area (Å²) in [6.07, 6.45) is 1.74. The lowest BCUT2D eigenvalue weighted by atomic mass is 10.0. The number of methoxy groups -OCH3 is 3. The fourth-order valence-electron chi connectivity index (χ4n) is 3.43. The molecule has 4 rings (SSSR count). The van der Waals surface area contributed by atoms with Gasteiger partial charge in [-0.3, -0.25) is 0 Å². The number of carbonyl (C=O) groups excluding carboxylic acids is 1. The van der Waals surface area contributed by atoms with E-state index in [1.54, 1.807) is 45.6 Å². The SMILES string of the molecule is COc1ccccc1/C=C(/C(=O)OCc1nc(-c2ccc(OC)c(OC)c2)no1)c1ccccc1.